The molecule has 0 saturated heterocycles. The second-order valence-corrected chi connectivity index (χ2v) is 5.42. The summed E-state index contributed by atoms with van der Waals surface area (Å²) in [6.45, 7) is 0. The number of nitrogens with one attached hydrogen (secondary N) is 1. The van der Waals surface area contributed by atoms with Gasteiger partial charge in [-0.2, -0.15) is 8.78 Å². The zero-order chi connectivity index (χ0) is 15.4. The van der Waals surface area contributed by atoms with Gasteiger partial charge in [-0.15, -0.1) is 0 Å². The third kappa shape index (κ3) is 4.15. The molecule has 0 fully saturated rings. The molecule has 0 radical (unpaired) electrons. The van der Waals surface area contributed by atoms with E-state index >= 15 is 0 Å². The first-order chi connectivity index (χ1) is 9.97. The second-order valence-electron chi connectivity index (χ2n) is 3.95. The molecule has 7 heteroatoms. The summed E-state index contributed by atoms with van der Waals surface area (Å²) in [5.41, 5.74) is -0.0634. The van der Waals surface area contributed by atoms with Gasteiger partial charge < -0.3 is 5.32 Å². The third-order valence-electron chi connectivity index (χ3n) is 2.52. The van der Waals surface area contributed by atoms with Gasteiger partial charge in [-0.25, -0.2) is 4.39 Å². The van der Waals surface area contributed by atoms with Crippen molar-refractivity contribution < 1.29 is 18.0 Å². The molecule has 2 aromatic carbocycles. The summed E-state index contributed by atoms with van der Waals surface area (Å²) in [6, 6.07) is 9.62. The van der Waals surface area contributed by atoms with Gasteiger partial charge in [0.1, 0.15) is 5.82 Å². The summed E-state index contributed by atoms with van der Waals surface area (Å²) in [6.07, 6.45) is 0. The van der Waals surface area contributed by atoms with Gasteiger partial charge >= 0.3 is 0 Å². The number of hydrogen-bond acceptors (Lipinski definition) is 2. The molecule has 0 aromatic heterocycles. The molecule has 2 aromatic rings. The number of anilines is 1. The monoisotopic (exact) mass is 331 g/mol. The van der Waals surface area contributed by atoms with Crippen LogP contribution in [0.2, 0.25) is 5.02 Å². The minimum atomic E-state index is -2.62. The van der Waals surface area contributed by atoms with E-state index < -0.39 is 17.5 Å². The van der Waals surface area contributed by atoms with Crippen molar-refractivity contribution in [2.75, 3.05) is 5.32 Å². The predicted octanol–water partition coefficient (Wildman–Crippen LogP) is 5.05. The average Bonchev–Trinajstić information content (AvgIpc) is 2.43. The lowest BCUT2D eigenvalue weighted by molar-refractivity contribution is 0.102. The first-order valence-electron chi connectivity index (χ1n) is 5.77. The summed E-state index contributed by atoms with van der Waals surface area (Å²) in [4.78, 5) is 12.2. The van der Waals surface area contributed by atoms with Gasteiger partial charge in [0.05, 0.1) is 11.3 Å². The summed E-state index contributed by atoms with van der Waals surface area (Å²) in [7, 11) is 0. The standard InChI is InChI=1S/C14H9ClF3NOS/c15-8-5-6-10(16)9(7-8)13(20)19-11-3-1-2-4-12(11)21-14(17)18/h1-7,14H,(H,19,20). The third-order valence-corrected chi connectivity index (χ3v) is 3.55. The SMILES string of the molecule is O=C(Nc1ccccc1SC(F)F)c1cc(Cl)ccc1F. The fraction of sp³-hybridized carbons (Fsp3) is 0.0714. The highest BCUT2D eigenvalue weighted by Crippen LogP contribution is 2.32. The van der Waals surface area contributed by atoms with Crippen LogP contribution in [-0.2, 0) is 0 Å². The Hall–Kier alpha value is -1.66. The molecule has 0 atom stereocenters. The maximum atomic E-state index is 13.6. The Morgan fingerprint density at radius 1 is 1.19 bits per heavy atom. The van der Waals surface area contributed by atoms with Crippen molar-refractivity contribution >= 4 is 35.0 Å². The Kier molecular flexibility index (Phi) is 5.14. The Bertz CT molecular complexity index is 666. The van der Waals surface area contributed by atoms with E-state index in [4.69, 9.17) is 11.6 Å². The average molecular weight is 332 g/mol. The van der Waals surface area contributed by atoms with Crippen LogP contribution in [-0.4, -0.2) is 11.7 Å². The molecule has 0 aliphatic carbocycles. The molecular weight excluding hydrogens is 323 g/mol. The summed E-state index contributed by atoms with van der Waals surface area (Å²) >= 11 is 6.02. The van der Waals surface area contributed by atoms with Gasteiger partial charge in [0.2, 0.25) is 0 Å². The van der Waals surface area contributed by atoms with Crippen molar-refractivity contribution in [3.63, 3.8) is 0 Å². The largest absolute Gasteiger partial charge is 0.321 e. The molecule has 1 amide bonds. The van der Waals surface area contributed by atoms with Crippen molar-refractivity contribution in [2.45, 2.75) is 10.7 Å². The number of carbonyl (C=O) groups is 1. The topological polar surface area (TPSA) is 29.1 Å². The van der Waals surface area contributed by atoms with Crippen LogP contribution < -0.4 is 5.32 Å². The lowest BCUT2D eigenvalue weighted by Gasteiger charge is -2.11. The zero-order valence-electron chi connectivity index (χ0n) is 10.4. The molecule has 2 nitrogen and oxygen atoms in total. The van der Waals surface area contributed by atoms with E-state index in [1.54, 1.807) is 12.1 Å². The maximum Gasteiger partial charge on any atom is 0.288 e. The van der Waals surface area contributed by atoms with Gasteiger partial charge in [-0.1, -0.05) is 35.5 Å². The highest BCUT2D eigenvalue weighted by atomic mass is 35.5. The van der Waals surface area contributed by atoms with Gasteiger partial charge in [0.15, 0.2) is 0 Å². The van der Waals surface area contributed by atoms with Gasteiger partial charge in [0, 0.05) is 9.92 Å². The van der Waals surface area contributed by atoms with Crippen LogP contribution >= 0.6 is 23.4 Å². The number of amides is 1. The van der Waals surface area contributed by atoms with Crippen LogP contribution in [0, 0.1) is 5.82 Å². The highest BCUT2D eigenvalue weighted by Gasteiger charge is 2.15. The number of alkyl halides is 2. The Morgan fingerprint density at radius 3 is 2.62 bits per heavy atom. The summed E-state index contributed by atoms with van der Waals surface area (Å²) in [5.74, 6) is -4.11. The highest BCUT2D eigenvalue weighted by molar-refractivity contribution is 7.99. The van der Waals surface area contributed by atoms with Crippen molar-refractivity contribution in [1.82, 2.24) is 0 Å². The normalized spacial score (nSPS) is 10.7. The predicted molar refractivity (Wildman–Crippen MR) is 77.7 cm³/mol. The van der Waals surface area contributed by atoms with Crippen molar-refractivity contribution in [2.24, 2.45) is 0 Å². The molecule has 0 aliphatic rings. The van der Waals surface area contributed by atoms with Crippen molar-refractivity contribution in [3.8, 4) is 0 Å². The Labute approximate surface area is 128 Å². The quantitative estimate of drug-likeness (QED) is 0.795. The van der Waals surface area contributed by atoms with Gasteiger partial charge in [-0.3, -0.25) is 4.79 Å². The molecule has 110 valence electrons. The van der Waals surface area contributed by atoms with E-state index in [-0.39, 0.29) is 21.2 Å². The van der Waals surface area contributed by atoms with Crippen LogP contribution in [0.3, 0.4) is 0 Å². The maximum absolute atomic E-state index is 13.6. The van der Waals surface area contributed by atoms with E-state index in [1.165, 1.54) is 24.3 Å². The molecule has 0 bridgehead atoms. The van der Waals surface area contributed by atoms with E-state index in [0.29, 0.717) is 11.8 Å². The lowest BCUT2D eigenvalue weighted by Crippen LogP contribution is -2.14. The molecule has 21 heavy (non-hydrogen) atoms. The van der Waals surface area contributed by atoms with Crippen LogP contribution in [0.4, 0.5) is 18.9 Å². The molecule has 0 saturated carbocycles. The minimum absolute atomic E-state index is 0.187. The van der Waals surface area contributed by atoms with Gasteiger partial charge in [0.25, 0.3) is 11.7 Å². The van der Waals surface area contributed by atoms with Crippen LogP contribution in [0.25, 0.3) is 0 Å². The summed E-state index contributed by atoms with van der Waals surface area (Å²) < 4.78 is 38.5. The fourth-order valence-electron chi connectivity index (χ4n) is 1.63. The number of hydrogen-bond donors (Lipinski definition) is 1. The van der Waals surface area contributed by atoms with E-state index in [0.717, 1.165) is 6.07 Å². The smallest absolute Gasteiger partial charge is 0.288 e. The fourth-order valence-corrected chi connectivity index (χ4v) is 2.40. The first-order valence-corrected chi connectivity index (χ1v) is 7.03. The number of benzene rings is 2. The number of para-hydroxylation sites is 1. The molecule has 0 heterocycles. The van der Waals surface area contributed by atoms with Crippen LogP contribution in [0.15, 0.2) is 47.4 Å². The number of carbonyl (C=O) groups excluding carboxylic acids is 1. The van der Waals surface area contributed by atoms with Crippen LogP contribution in [0.1, 0.15) is 10.4 Å². The van der Waals surface area contributed by atoms with Crippen molar-refractivity contribution in [1.29, 1.82) is 0 Å². The lowest BCUT2D eigenvalue weighted by atomic mass is 10.2. The second kappa shape index (κ2) is 6.87. The molecule has 0 unspecified atom stereocenters. The zero-order valence-corrected chi connectivity index (χ0v) is 12.0. The van der Waals surface area contributed by atoms with Gasteiger partial charge in [-0.05, 0) is 30.3 Å². The van der Waals surface area contributed by atoms with E-state index in [9.17, 15) is 18.0 Å². The first kappa shape index (κ1) is 15.7. The summed E-state index contributed by atoms with van der Waals surface area (Å²) in [5, 5.41) is 2.61. The molecule has 1 N–H and O–H groups in total. The van der Waals surface area contributed by atoms with Crippen molar-refractivity contribution in [3.05, 3.63) is 58.9 Å². The Morgan fingerprint density at radius 2 is 1.90 bits per heavy atom. The molecule has 2 rings (SSSR count). The van der Waals surface area contributed by atoms with E-state index in [1.807, 2.05) is 0 Å². The number of rotatable bonds is 4. The Balaban J connectivity index is 2.25. The molecule has 0 spiro atoms. The van der Waals surface area contributed by atoms with Crippen LogP contribution in [0.5, 0.6) is 0 Å². The molecular formula is C14H9ClF3NOS. The minimum Gasteiger partial charge on any atom is -0.321 e. The number of halogens is 4. The molecule has 0 aliphatic heterocycles. The van der Waals surface area contributed by atoms with E-state index in [2.05, 4.69) is 5.32 Å². The number of thioether (sulfide) groups is 1.